The number of halogens is 1. The lowest BCUT2D eigenvalue weighted by atomic mass is 9.71. The van der Waals surface area contributed by atoms with Gasteiger partial charge >= 0.3 is 0 Å². The summed E-state index contributed by atoms with van der Waals surface area (Å²) in [4.78, 5) is 0. The number of rotatable bonds is 7. The van der Waals surface area contributed by atoms with Gasteiger partial charge in [0, 0.05) is 24.8 Å². The summed E-state index contributed by atoms with van der Waals surface area (Å²) in [5, 5.41) is 16.7. The van der Waals surface area contributed by atoms with Gasteiger partial charge in [0.15, 0.2) is 11.9 Å². The van der Waals surface area contributed by atoms with Gasteiger partial charge in [0.05, 0.1) is 13.1 Å². The van der Waals surface area contributed by atoms with E-state index in [-0.39, 0.29) is 17.8 Å². The van der Waals surface area contributed by atoms with E-state index in [4.69, 9.17) is 9.26 Å². The Labute approximate surface area is 212 Å². The van der Waals surface area contributed by atoms with Gasteiger partial charge in [-0.2, -0.15) is 0 Å². The van der Waals surface area contributed by atoms with Gasteiger partial charge in [-0.15, -0.1) is 0 Å². The Bertz CT molecular complexity index is 1150. The lowest BCUT2D eigenvalue weighted by Crippen LogP contribution is -2.64. The Morgan fingerprint density at radius 1 is 0.972 bits per heavy atom. The van der Waals surface area contributed by atoms with Crippen molar-refractivity contribution < 1.29 is 23.2 Å². The van der Waals surface area contributed by atoms with Crippen LogP contribution >= 0.6 is 0 Å². The van der Waals surface area contributed by atoms with Crippen molar-refractivity contribution >= 4 is 0 Å². The molecule has 1 N–H and O–H groups in total. The van der Waals surface area contributed by atoms with Crippen molar-refractivity contribution in [2.45, 2.75) is 63.2 Å². The number of fused-ring (bicyclic) bond motifs is 3. The van der Waals surface area contributed by atoms with Crippen LogP contribution in [0.5, 0.6) is 5.75 Å². The number of hydrogen-bond acceptors (Lipinski definition) is 4. The molecule has 3 saturated heterocycles. The number of aliphatic hydroxyl groups is 1. The van der Waals surface area contributed by atoms with Crippen LogP contribution in [0.4, 0.5) is 4.39 Å². The molecule has 2 bridgehead atoms. The first-order valence-electron chi connectivity index (χ1n) is 13.6. The maximum absolute atomic E-state index is 13.3. The van der Waals surface area contributed by atoms with Crippen LogP contribution in [0.1, 0.15) is 62.0 Å². The molecule has 7 rings (SSSR count). The molecule has 0 amide bonds. The molecule has 4 heterocycles. The fraction of sp³-hybridized carbons (Fsp3) is 0.500. The second-order valence-electron chi connectivity index (χ2n) is 11.2. The first-order chi connectivity index (χ1) is 17.5. The maximum Gasteiger partial charge on any atom is 0.191 e. The normalized spacial score (nSPS) is 28.1. The SMILES string of the molecule is O[C@](c1ccccc1)(c1cc(C[N+]23CCC(CC2)C(Oc2ccc(F)cc2)C3)on1)C1CCCCC1. The topological polar surface area (TPSA) is 55.5 Å². The van der Waals surface area contributed by atoms with Crippen molar-refractivity contribution in [1.82, 2.24) is 5.16 Å². The van der Waals surface area contributed by atoms with Gasteiger partial charge in [0.1, 0.15) is 36.0 Å². The number of quaternary nitrogens is 1. The predicted molar refractivity (Wildman–Crippen MR) is 135 cm³/mol. The van der Waals surface area contributed by atoms with E-state index in [1.807, 2.05) is 36.4 Å². The number of nitrogens with zero attached hydrogens (tertiary/aromatic N) is 2. The van der Waals surface area contributed by atoms with Crippen LogP contribution in [-0.4, -0.2) is 40.5 Å². The number of hydrogen-bond donors (Lipinski definition) is 1. The number of piperidine rings is 3. The lowest BCUT2D eigenvalue weighted by molar-refractivity contribution is -0.959. The summed E-state index contributed by atoms with van der Waals surface area (Å²) in [5.41, 5.74) is 0.405. The molecule has 0 spiro atoms. The molecule has 1 unspecified atom stereocenters. The number of aromatic nitrogens is 1. The fourth-order valence-electron chi connectivity index (χ4n) is 6.97. The second-order valence-corrected chi connectivity index (χ2v) is 11.2. The van der Waals surface area contributed by atoms with Crippen molar-refractivity contribution in [3.8, 4) is 5.75 Å². The molecule has 5 nitrogen and oxygen atoms in total. The zero-order valence-electron chi connectivity index (χ0n) is 20.8. The van der Waals surface area contributed by atoms with Crippen molar-refractivity contribution in [2.75, 3.05) is 19.6 Å². The third-order valence-electron chi connectivity index (χ3n) is 8.99. The summed E-state index contributed by atoms with van der Waals surface area (Å²) in [7, 11) is 0. The minimum atomic E-state index is -1.13. The fourth-order valence-corrected chi connectivity index (χ4v) is 6.97. The molecule has 2 aromatic carbocycles. The van der Waals surface area contributed by atoms with Gasteiger partial charge in [-0.05, 0) is 48.6 Å². The molecule has 2 atom stereocenters. The summed E-state index contributed by atoms with van der Waals surface area (Å²) >= 11 is 0. The molecule has 3 aromatic rings. The Morgan fingerprint density at radius 3 is 2.42 bits per heavy atom. The van der Waals surface area contributed by atoms with Crippen molar-refractivity contribution in [3.05, 3.63) is 83.5 Å². The first kappa shape index (κ1) is 23.7. The van der Waals surface area contributed by atoms with E-state index in [1.54, 1.807) is 12.1 Å². The minimum absolute atomic E-state index is 0.115. The zero-order chi connectivity index (χ0) is 24.6. The highest BCUT2D eigenvalue weighted by atomic mass is 19.1. The molecule has 1 aliphatic carbocycles. The van der Waals surface area contributed by atoms with Gasteiger partial charge in [0.25, 0.3) is 0 Å². The van der Waals surface area contributed by atoms with Crippen LogP contribution in [0.2, 0.25) is 0 Å². The summed E-state index contributed by atoms with van der Waals surface area (Å²) in [6, 6.07) is 18.3. The molecule has 4 aliphatic rings. The van der Waals surface area contributed by atoms with E-state index in [9.17, 15) is 9.50 Å². The Hall–Kier alpha value is -2.70. The molecule has 1 aromatic heterocycles. The standard InChI is InChI=1S/C30H36FN2O3/c31-25-11-13-26(14-12-25)35-28-21-33(17-15-22(28)16-18-33)20-27-19-29(32-36-27)30(34,23-7-3-1-4-8-23)24-9-5-2-6-10-24/h1,3-4,7-8,11-14,19,22,24,28,34H,2,5-6,9-10,15-18,20-21H2/q+1/t22?,28?,30-,33?/m0/s1. The quantitative estimate of drug-likeness (QED) is 0.423. The molecule has 190 valence electrons. The van der Waals surface area contributed by atoms with E-state index in [0.29, 0.717) is 11.6 Å². The largest absolute Gasteiger partial charge is 0.484 e. The second kappa shape index (κ2) is 9.64. The number of ether oxygens (including phenoxy) is 1. The van der Waals surface area contributed by atoms with Crippen molar-refractivity contribution in [2.24, 2.45) is 11.8 Å². The summed E-state index contributed by atoms with van der Waals surface area (Å²) in [6.07, 6.45) is 7.85. The maximum atomic E-state index is 13.3. The zero-order valence-corrected chi connectivity index (χ0v) is 20.8. The lowest BCUT2D eigenvalue weighted by Gasteiger charge is -2.51. The monoisotopic (exact) mass is 491 g/mol. The summed E-state index contributed by atoms with van der Waals surface area (Å²) < 4.78 is 26.5. The first-order valence-corrected chi connectivity index (χ1v) is 13.6. The van der Waals surface area contributed by atoms with Crippen molar-refractivity contribution in [3.63, 3.8) is 0 Å². The molecular formula is C30H36FN2O3+. The van der Waals surface area contributed by atoms with Crippen LogP contribution in [0, 0.1) is 17.7 Å². The predicted octanol–water partition coefficient (Wildman–Crippen LogP) is 5.82. The molecule has 0 radical (unpaired) electrons. The molecule has 4 fully saturated rings. The van der Waals surface area contributed by atoms with Crippen LogP contribution < -0.4 is 4.74 Å². The molecule has 1 saturated carbocycles. The van der Waals surface area contributed by atoms with Gasteiger partial charge < -0.3 is 18.8 Å². The molecule has 6 heteroatoms. The Morgan fingerprint density at radius 2 is 1.69 bits per heavy atom. The minimum Gasteiger partial charge on any atom is -0.484 e. The Kier molecular flexibility index (Phi) is 6.34. The van der Waals surface area contributed by atoms with E-state index >= 15 is 0 Å². The van der Waals surface area contributed by atoms with Gasteiger partial charge in [0.2, 0.25) is 0 Å². The molecular weight excluding hydrogens is 455 g/mol. The van der Waals surface area contributed by atoms with Crippen LogP contribution in [0.3, 0.4) is 0 Å². The average Bonchev–Trinajstić information content (AvgIpc) is 3.39. The Balaban J connectivity index is 1.23. The summed E-state index contributed by atoms with van der Waals surface area (Å²) in [6.45, 7) is 3.84. The van der Waals surface area contributed by atoms with Crippen LogP contribution in [-0.2, 0) is 12.1 Å². The smallest absolute Gasteiger partial charge is 0.191 e. The van der Waals surface area contributed by atoms with E-state index in [1.165, 1.54) is 18.6 Å². The van der Waals surface area contributed by atoms with E-state index < -0.39 is 5.60 Å². The van der Waals surface area contributed by atoms with Crippen LogP contribution in [0.25, 0.3) is 0 Å². The molecule has 36 heavy (non-hydrogen) atoms. The third kappa shape index (κ3) is 4.46. The van der Waals surface area contributed by atoms with Gasteiger partial charge in [-0.25, -0.2) is 4.39 Å². The average molecular weight is 492 g/mol. The summed E-state index contributed by atoms with van der Waals surface area (Å²) in [5.74, 6) is 1.99. The van der Waals surface area contributed by atoms with Crippen molar-refractivity contribution in [1.29, 1.82) is 0 Å². The van der Waals surface area contributed by atoms with Gasteiger partial charge in [-0.1, -0.05) is 54.8 Å². The third-order valence-corrected chi connectivity index (χ3v) is 8.99. The highest BCUT2D eigenvalue weighted by Crippen LogP contribution is 2.44. The van der Waals surface area contributed by atoms with E-state index in [2.05, 4.69) is 5.16 Å². The molecule has 3 aliphatic heterocycles. The highest BCUT2D eigenvalue weighted by molar-refractivity contribution is 5.33. The number of benzene rings is 2. The highest BCUT2D eigenvalue weighted by Gasteiger charge is 2.48. The van der Waals surface area contributed by atoms with E-state index in [0.717, 1.165) is 86.3 Å². The van der Waals surface area contributed by atoms with Gasteiger partial charge in [-0.3, -0.25) is 0 Å². The van der Waals surface area contributed by atoms with Crippen LogP contribution in [0.15, 0.2) is 65.2 Å².